The van der Waals surface area contributed by atoms with Gasteiger partial charge in [0.2, 0.25) is 0 Å². The molecule has 0 aliphatic carbocycles. The van der Waals surface area contributed by atoms with Gasteiger partial charge in [0.05, 0.1) is 23.8 Å². The first-order valence-corrected chi connectivity index (χ1v) is 9.83. The molecule has 0 aliphatic heterocycles. The van der Waals surface area contributed by atoms with Gasteiger partial charge in [-0.1, -0.05) is 18.2 Å². The van der Waals surface area contributed by atoms with Crippen LogP contribution in [0.2, 0.25) is 0 Å². The zero-order valence-corrected chi connectivity index (χ0v) is 17.7. The third-order valence-corrected chi connectivity index (χ3v) is 4.87. The van der Waals surface area contributed by atoms with Crippen molar-refractivity contribution in [3.8, 4) is 23.0 Å². The Hall–Kier alpha value is -3.38. The van der Waals surface area contributed by atoms with Gasteiger partial charge in [-0.25, -0.2) is 4.98 Å². The monoisotopic (exact) mass is 403 g/mol. The fourth-order valence-electron chi connectivity index (χ4n) is 3.24. The Labute approximate surface area is 176 Å². The van der Waals surface area contributed by atoms with Gasteiger partial charge in [0, 0.05) is 29.6 Å². The highest BCUT2D eigenvalue weighted by Crippen LogP contribution is 2.37. The van der Waals surface area contributed by atoms with Crippen LogP contribution in [0.15, 0.2) is 54.7 Å². The van der Waals surface area contributed by atoms with Crippen LogP contribution >= 0.6 is 0 Å². The lowest BCUT2D eigenvalue weighted by Crippen LogP contribution is -2.19. The van der Waals surface area contributed by atoms with E-state index in [-0.39, 0.29) is 0 Å². The van der Waals surface area contributed by atoms with Gasteiger partial charge in [0.1, 0.15) is 18.1 Å². The smallest absolute Gasteiger partial charge is 0.163 e. The van der Waals surface area contributed by atoms with E-state index in [0.29, 0.717) is 29.6 Å². The summed E-state index contributed by atoms with van der Waals surface area (Å²) >= 11 is 0. The predicted octanol–water partition coefficient (Wildman–Crippen LogP) is 4.83. The van der Waals surface area contributed by atoms with Crippen LogP contribution in [0.25, 0.3) is 21.8 Å². The number of methoxy groups -OCH3 is 1. The number of aromatic nitrogens is 2. The molecule has 2 heterocycles. The summed E-state index contributed by atoms with van der Waals surface area (Å²) < 4.78 is 17.8. The molecule has 154 valence electrons. The molecule has 0 aliphatic rings. The summed E-state index contributed by atoms with van der Waals surface area (Å²) in [4.78, 5) is 11.2. The van der Waals surface area contributed by atoms with Crippen LogP contribution in [0.4, 0.5) is 0 Å². The lowest BCUT2D eigenvalue weighted by molar-refractivity contribution is 0.251. The molecule has 0 bridgehead atoms. The van der Waals surface area contributed by atoms with Gasteiger partial charge in [0.15, 0.2) is 11.5 Å². The third-order valence-electron chi connectivity index (χ3n) is 4.87. The van der Waals surface area contributed by atoms with Gasteiger partial charge in [-0.3, -0.25) is 4.98 Å². The molecule has 0 fully saturated rings. The molecule has 6 heteroatoms. The van der Waals surface area contributed by atoms with Crippen molar-refractivity contribution in [2.75, 3.05) is 34.4 Å². The first-order chi connectivity index (χ1) is 14.5. The number of likely N-dealkylation sites (N-methyl/N-ethyl adjacent to an activating group) is 1. The minimum atomic E-state index is 0.563. The summed E-state index contributed by atoms with van der Waals surface area (Å²) in [5.41, 5.74) is 2.55. The lowest BCUT2D eigenvalue weighted by atomic mass is 10.1. The van der Waals surface area contributed by atoms with E-state index in [0.717, 1.165) is 34.0 Å². The summed E-state index contributed by atoms with van der Waals surface area (Å²) in [5, 5.41) is 1.88. The molecule has 4 rings (SSSR count). The Bertz CT molecular complexity index is 1190. The summed E-state index contributed by atoms with van der Waals surface area (Å²) in [6.45, 7) is 3.32. The highest BCUT2D eigenvalue weighted by atomic mass is 16.5. The largest absolute Gasteiger partial charge is 0.493 e. The van der Waals surface area contributed by atoms with Gasteiger partial charge in [-0.2, -0.15) is 0 Å². The molecule has 0 atom stereocenters. The maximum atomic E-state index is 6.28. The van der Waals surface area contributed by atoms with E-state index >= 15 is 0 Å². The average Bonchev–Trinajstić information content (AvgIpc) is 2.73. The number of hydrogen-bond donors (Lipinski definition) is 0. The van der Waals surface area contributed by atoms with Crippen molar-refractivity contribution in [3.05, 3.63) is 60.4 Å². The van der Waals surface area contributed by atoms with Gasteiger partial charge >= 0.3 is 0 Å². The van der Waals surface area contributed by atoms with Crippen LogP contribution in [0.1, 0.15) is 5.69 Å². The van der Waals surface area contributed by atoms with Crippen LogP contribution in [0.5, 0.6) is 23.0 Å². The Morgan fingerprint density at radius 2 is 1.73 bits per heavy atom. The fraction of sp³-hybridized carbons (Fsp3) is 0.250. The van der Waals surface area contributed by atoms with Gasteiger partial charge in [0.25, 0.3) is 0 Å². The number of aryl methyl sites for hydroxylation is 1. The first-order valence-electron chi connectivity index (χ1n) is 9.83. The van der Waals surface area contributed by atoms with E-state index in [4.69, 9.17) is 14.2 Å². The fourth-order valence-corrected chi connectivity index (χ4v) is 3.24. The number of ether oxygens (including phenoxy) is 3. The average molecular weight is 403 g/mol. The highest BCUT2D eigenvalue weighted by molar-refractivity contribution is 5.88. The van der Waals surface area contributed by atoms with Crippen molar-refractivity contribution in [3.63, 3.8) is 0 Å². The molecule has 0 radical (unpaired) electrons. The molecular weight excluding hydrogens is 378 g/mol. The van der Waals surface area contributed by atoms with Crippen LogP contribution in [-0.2, 0) is 0 Å². The van der Waals surface area contributed by atoms with Crippen LogP contribution in [0.3, 0.4) is 0 Å². The van der Waals surface area contributed by atoms with E-state index < -0.39 is 0 Å². The molecular formula is C24H25N3O3. The first kappa shape index (κ1) is 19.9. The summed E-state index contributed by atoms with van der Waals surface area (Å²) in [5.74, 6) is 2.72. The Kier molecular flexibility index (Phi) is 5.68. The molecule has 2 aromatic carbocycles. The molecule has 2 aromatic heterocycles. The molecule has 0 amide bonds. The van der Waals surface area contributed by atoms with Crippen molar-refractivity contribution in [2.24, 2.45) is 0 Å². The van der Waals surface area contributed by atoms with E-state index in [2.05, 4.69) is 14.9 Å². The number of pyridine rings is 2. The second-order valence-electron chi connectivity index (χ2n) is 7.35. The van der Waals surface area contributed by atoms with E-state index in [9.17, 15) is 0 Å². The van der Waals surface area contributed by atoms with E-state index in [1.54, 1.807) is 13.3 Å². The van der Waals surface area contributed by atoms with E-state index in [1.165, 1.54) is 0 Å². The summed E-state index contributed by atoms with van der Waals surface area (Å²) in [6, 6.07) is 15.7. The Balaban J connectivity index is 1.70. The molecule has 30 heavy (non-hydrogen) atoms. The lowest BCUT2D eigenvalue weighted by Gasteiger charge is -2.16. The van der Waals surface area contributed by atoms with Crippen molar-refractivity contribution in [1.82, 2.24) is 14.9 Å². The molecule has 0 unspecified atom stereocenters. The zero-order valence-electron chi connectivity index (χ0n) is 17.7. The second kappa shape index (κ2) is 8.55. The van der Waals surface area contributed by atoms with Crippen molar-refractivity contribution in [1.29, 1.82) is 0 Å². The van der Waals surface area contributed by atoms with Gasteiger partial charge < -0.3 is 19.1 Å². The van der Waals surface area contributed by atoms with Crippen LogP contribution in [0, 0.1) is 6.92 Å². The molecule has 6 nitrogen and oxygen atoms in total. The maximum Gasteiger partial charge on any atom is 0.163 e. The summed E-state index contributed by atoms with van der Waals surface area (Å²) in [6.07, 6.45) is 1.73. The van der Waals surface area contributed by atoms with Crippen molar-refractivity contribution in [2.45, 2.75) is 6.92 Å². The standard InChI is InChI=1S/C24H25N3O3/c1-16-22(13-17-7-5-6-8-19(17)26-16)30-21-9-10-25-20-15-24(29-12-11-27(2)3)23(28-4)14-18(20)21/h5-10,13-15H,11-12H2,1-4H3. The normalized spacial score (nSPS) is 11.2. The number of para-hydroxylation sites is 1. The molecule has 4 aromatic rings. The second-order valence-corrected chi connectivity index (χ2v) is 7.35. The third kappa shape index (κ3) is 4.14. The molecule has 0 N–H and O–H groups in total. The number of benzene rings is 2. The van der Waals surface area contributed by atoms with E-state index in [1.807, 2.05) is 69.6 Å². The Morgan fingerprint density at radius 3 is 2.53 bits per heavy atom. The molecule has 0 saturated carbocycles. The quantitative estimate of drug-likeness (QED) is 0.440. The minimum absolute atomic E-state index is 0.563. The van der Waals surface area contributed by atoms with Gasteiger partial charge in [-0.05, 0) is 45.3 Å². The van der Waals surface area contributed by atoms with Gasteiger partial charge in [-0.15, -0.1) is 0 Å². The molecule has 0 saturated heterocycles. The Morgan fingerprint density at radius 1 is 0.900 bits per heavy atom. The minimum Gasteiger partial charge on any atom is -0.493 e. The molecule has 0 spiro atoms. The van der Waals surface area contributed by atoms with Crippen LogP contribution < -0.4 is 14.2 Å². The SMILES string of the molecule is COc1cc2c(Oc3cc4ccccc4nc3C)ccnc2cc1OCCN(C)C. The topological polar surface area (TPSA) is 56.7 Å². The predicted molar refractivity (Wildman–Crippen MR) is 119 cm³/mol. The zero-order chi connectivity index (χ0) is 21.1. The highest BCUT2D eigenvalue weighted by Gasteiger charge is 2.13. The van der Waals surface area contributed by atoms with Crippen molar-refractivity contribution < 1.29 is 14.2 Å². The number of rotatable bonds is 7. The summed E-state index contributed by atoms with van der Waals surface area (Å²) in [7, 11) is 5.65. The number of hydrogen-bond acceptors (Lipinski definition) is 6. The number of fused-ring (bicyclic) bond motifs is 2. The maximum absolute atomic E-state index is 6.28. The number of nitrogens with zero attached hydrogens (tertiary/aromatic N) is 3. The van der Waals surface area contributed by atoms with Crippen LogP contribution in [-0.4, -0.2) is 49.2 Å². The van der Waals surface area contributed by atoms with Crippen molar-refractivity contribution >= 4 is 21.8 Å².